The first-order chi connectivity index (χ1) is 7.88. The Balaban J connectivity index is 1.87. The molecular weight excluding hydrogens is 228 g/mol. The molecule has 2 nitrogen and oxygen atoms in total. The van der Waals surface area contributed by atoms with Gasteiger partial charge in [-0.25, -0.2) is 4.79 Å². The van der Waals surface area contributed by atoms with Crippen LogP contribution in [0.5, 0.6) is 0 Å². The molecule has 2 atom stereocenters. The van der Waals surface area contributed by atoms with Gasteiger partial charge in [0.05, 0.1) is 14.7 Å². The van der Waals surface area contributed by atoms with E-state index in [0.29, 0.717) is 12.1 Å². The quantitative estimate of drug-likeness (QED) is 0.562. The molecule has 2 bridgehead atoms. The van der Waals surface area contributed by atoms with Crippen LogP contribution in [0.3, 0.4) is 0 Å². The van der Waals surface area contributed by atoms with Gasteiger partial charge in [-0.05, 0) is 37.1 Å². The molecule has 1 saturated carbocycles. The Morgan fingerprint density at radius 2 is 2.12 bits per heavy atom. The minimum Gasteiger partial charge on any atom is -0.462 e. The van der Waals surface area contributed by atoms with Gasteiger partial charge in [0, 0.05) is 5.57 Å². The Kier molecular flexibility index (Phi) is 3.48. The number of fused-ring (bicyclic) bond motifs is 2. The lowest BCUT2D eigenvalue weighted by atomic mass is 9.99. The number of esters is 1. The monoisotopic (exact) mass is 252 g/mol. The van der Waals surface area contributed by atoms with Crippen LogP contribution in [0.4, 0.5) is 0 Å². The zero-order valence-corrected chi connectivity index (χ0v) is 12.5. The van der Waals surface area contributed by atoms with E-state index in [9.17, 15) is 4.79 Å². The normalized spacial score (nSPS) is 25.3. The third-order valence-electron chi connectivity index (χ3n) is 4.50. The third kappa shape index (κ3) is 2.82. The lowest BCUT2D eigenvalue weighted by Crippen LogP contribution is -2.30. The van der Waals surface area contributed by atoms with E-state index in [-0.39, 0.29) is 5.97 Å². The van der Waals surface area contributed by atoms with Crippen molar-refractivity contribution in [2.45, 2.75) is 57.8 Å². The van der Waals surface area contributed by atoms with E-state index in [4.69, 9.17) is 4.74 Å². The van der Waals surface area contributed by atoms with Crippen LogP contribution in [0.1, 0.15) is 32.6 Å². The summed E-state index contributed by atoms with van der Waals surface area (Å²) in [4.78, 5) is 12.0. The number of hydrogen-bond donors (Lipinski definition) is 0. The molecule has 2 rings (SSSR count). The highest BCUT2D eigenvalue weighted by Gasteiger charge is 2.34. The first-order valence-electron chi connectivity index (χ1n) is 6.76. The van der Waals surface area contributed by atoms with E-state index in [2.05, 4.69) is 26.6 Å². The Labute approximate surface area is 105 Å². The van der Waals surface area contributed by atoms with Gasteiger partial charge in [-0.2, -0.15) is 0 Å². The van der Waals surface area contributed by atoms with Gasteiger partial charge in [0.15, 0.2) is 0 Å². The van der Waals surface area contributed by atoms with Crippen LogP contribution in [0.15, 0.2) is 11.1 Å². The fourth-order valence-corrected chi connectivity index (χ4v) is 3.16. The summed E-state index contributed by atoms with van der Waals surface area (Å²) in [6, 6.07) is 0. The highest BCUT2D eigenvalue weighted by Crippen LogP contribution is 2.44. The van der Waals surface area contributed by atoms with Gasteiger partial charge in [0.1, 0.15) is 0 Å². The van der Waals surface area contributed by atoms with Crippen molar-refractivity contribution in [3.8, 4) is 0 Å². The lowest BCUT2D eigenvalue weighted by Gasteiger charge is -2.25. The second kappa shape index (κ2) is 4.60. The fourth-order valence-electron chi connectivity index (χ4n) is 2.58. The molecule has 2 aliphatic carbocycles. The largest absolute Gasteiger partial charge is 0.462 e. The Hall–Kier alpha value is -0.573. The summed E-state index contributed by atoms with van der Waals surface area (Å²) >= 11 is 0. The molecule has 0 aromatic rings. The van der Waals surface area contributed by atoms with E-state index in [1.165, 1.54) is 12.0 Å². The number of allylic oxidation sites excluding steroid dienone is 1. The maximum absolute atomic E-state index is 12.0. The number of carbonyl (C=O) groups excluding carboxylic acids is 1. The highest BCUT2D eigenvalue weighted by atomic mass is 28.3. The molecule has 0 aromatic heterocycles. The molecule has 96 valence electrons. The van der Waals surface area contributed by atoms with Crippen LogP contribution in [-0.2, 0) is 9.53 Å². The van der Waals surface area contributed by atoms with Crippen molar-refractivity contribution in [1.29, 1.82) is 0 Å². The summed E-state index contributed by atoms with van der Waals surface area (Å²) < 4.78 is 5.50. The summed E-state index contributed by atoms with van der Waals surface area (Å²) in [5.41, 5.74) is 2.94. The molecule has 0 spiro atoms. The second-order valence-corrected chi connectivity index (χ2v) is 12.5. The fraction of sp³-hybridized carbons (Fsp3) is 0.786. The molecule has 0 aliphatic heterocycles. The summed E-state index contributed by atoms with van der Waals surface area (Å²) in [5, 5.41) is 0. The van der Waals surface area contributed by atoms with Gasteiger partial charge in [-0.3, -0.25) is 0 Å². The van der Waals surface area contributed by atoms with Crippen molar-refractivity contribution in [2.75, 3.05) is 6.61 Å². The lowest BCUT2D eigenvalue weighted by molar-refractivity contribution is -0.139. The first kappa shape index (κ1) is 12.9. The van der Waals surface area contributed by atoms with E-state index in [0.717, 1.165) is 30.8 Å². The standard InChI is InChI=1S/C14H24O2Si/c1-10(17(2,3)4)9-16-14(15)13-8-11-5-6-12(13)7-11/h10-11H,5-9H2,1-4H3. The summed E-state index contributed by atoms with van der Waals surface area (Å²) in [5.74, 6) is 0.731. The van der Waals surface area contributed by atoms with Crippen molar-refractivity contribution < 1.29 is 9.53 Å². The average molecular weight is 252 g/mol. The first-order valence-corrected chi connectivity index (χ1v) is 10.3. The maximum Gasteiger partial charge on any atom is 0.333 e. The highest BCUT2D eigenvalue weighted by molar-refractivity contribution is 6.77. The predicted octanol–water partition coefficient (Wildman–Crippen LogP) is 3.76. The van der Waals surface area contributed by atoms with E-state index < -0.39 is 8.07 Å². The molecule has 0 saturated heterocycles. The topological polar surface area (TPSA) is 26.3 Å². The van der Waals surface area contributed by atoms with Crippen LogP contribution in [0, 0.1) is 5.92 Å². The Morgan fingerprint density at radius 1 is 1.41 bits per heavy atom. The van der Waals surface area contributed by atoms with E-state index in [1.807, 2.05) is 0 Å². The van der Waals surface area contributed by atoms with Gasteiger partial charge >= 0.3 is 5.97 Å². The maximum atomic E-state index is 12.0. The van der Waals surface area contributed by atoms with Crippen LogP contribution in [-0.4, -0.2) is 20.7 Å². The molecule has 0 amide bonds. The summed E-state index contributed by atoms with van der Waals surface area (Å²) in [6.07, 6.45) is 4.57. The molecule has 2 aliphatic rings. The van der Waals surface area contributed by atoms with Gasteiger partial charge in [0.25, 0.3) is 0 Å². The van der Waals surface area contributed by atoms with E-state index >= 15 is 0 Å². The zero-order chi connectivity index (χ0) is 12.6. The van der Waals surface area contributed by atoms with Crippen LogP contribution >= 0.6 is 0 Å². The van der Waals surface area contributed by atoms with Crippen LogP contribution < -0.4 is 0 Å². The molecule has 0 heterocycles. The second-order valence-electron chi connectivity index (χ2n) is 6.76. The molecule has 0 radical (unpaired) electrons. The molecular formula is C14H24O2Si. The molecule has 2 unspecified atom stereocenters. The van der Waals surface area contributed by atoms with Gasteiger partial charge in [-0.15, -0.1) is 0 Å². The minimum absolute atomic E-state index is 0.0210. The smallest absolute Gasteiger partial charge is 0.333 e. The molecule has 1 fully saturated rings. The summed E-state index contributed by atoms with van der Waals surface area (Å²) in [6.45, 7) is 9.79. The molecule has 0 N–H and O–H groups in total. The number of ether oxygens (including phenoxy) is 1. The Morgan fingerprint density at radius 3 is 2.59 bits per heavy atom. The van der Waals surface area contributed by atoms with Crippen molar-refractivity contribution in [2.24, 2.45) is 5.92 Å². The zero-order valence-electron chi connectivity index (χ0n) is 11.5. The van der Waals surface area contributed by atoms with Gasteiger partial charge in [-0.1, -0.05) is 32.1 Å². The number of hydrogen-bond acceptors (Lipinski definition) is 2. The van der Waals surface area contributed by atoms with E-state index in [1.54, 1.807) is 0 Å². The third-order valence-corrected chi connectivity index (χ3v) is 7.62. The van der Waals surface area contributed by atoms with Crippen molar-refractivity contribution in [1.82, 2.24) is 0 Å². The van der Waals surface area contributed by atoms with Crippen LogP contribution in [0.25, 0.3) is 0 Å². The molecule has 0 aromatic carbocycles. The van der Waals surface area contributed by atoms with Gasteiger partial charge < -0.3 is 4.74 Å². The number of carbonyl (C=O) groups is 1. The van der Waals surface area contributed by atoms with Crippen molar-refractivity contribution >= 4 is 14.0 Å². The number of rotatable bonds is 4. The molecule has 17 heavy (non-hydrogen) atoms. The van der Waals surface area contributed by atoms with Crippen molar-refractivity contribution in [3.05, 3.63) is 11.1 Å². The van der Waals surface area contributed by atoms with Gasteiger partial charge in [0.2, 0.25) is 0 Å². The summed E-state index contributed by atoms with van der Waals surface area (Å²) in [7, 11) is -1.18. The van der Waals surface area contributed by atoms with Crippen LogP contribution in [0.2, 0.25) is 25.2 Å². The Bertz CT molecular complexity index is 352. The minimum atomic E-state index is -1.18. The average Bonchev–Trinajstić information content (AvgIpc) is 2.85. The predicted molar refractivity (Wildman–Crippen MR) is 72.7 cm³/mol. The molecule has 3 heteroatoms. The SMILES string of the molecule is CC(COC(=O)C1=C2CCC(C2)C1)[Si](C)(C)C. The van der Waals surface area contributed by atoms with Crippen molar-refractivity contribution in [3.63, 3.8) is 0 Å².